The van der Waals surface area contributed by atoms with Gasteiger partial charge in [0.1, 0.15) is 5.75 Å². The zero-order valence-corrected chi connectivity index (χ0v) is 15.4. The first kappa shape index (κ1) is 18.8. The average Bonchev–Trinajstić information content (AvgIpc) is 3.03. The Morgan fingerprint density at radius 3 is 2.68 bits per heavy atom. The van der Waals surface area contributed by atoms with Gasteiger partial charge in [0.2, 0.25) is 5.91 Å². The van der Waals surface area contributed by atoms with Crippen molar-refractivity contribution in [2.24, 2.45) is 0 Å². The largest absolute Gasteiger partial charge is 0.496 e. The van der Waals surface area contributed by atoms with Crippen molar-refractivity contribution < 1.29 is 14.3 Å². The molecule has 1 heterocycles. The minimum absolute atomic E-state index is 0.395. The second-order valence-corrected chi connectivity index (χ2v) is 6.39. The molecule has 9 heteroatoms. The number of rotatable bonds is 6. The van der Waals surface area contributed by atoms with E-state index >= 15 is 0 Å². The molecule has 1 aromatic heterocycles. The van der Waals surface area contributed by atoms with Crippen LogP contribution in [0, 0.1) is 0 Å². The molecule has 25 heavy (non-hydrogen) atoms. The third-order valence-corrected chi connectivity index (χ3v) is 4.58. The first-order valence-corrected chi connectivity index (χ1v) is 8.65. The normalized spacial score (nSPS) is 11.7. The Bertz CT molecular complexity index is 762. The molecule has 2 N–H and O–H groups in total. The molecule has 0 fully saturated rings. The SMILES string of the molecule is CCn1c(S[C@@H](C)C(=O)NC(=O)NC)nnc1-c1ccccc1OC. The van der Waals surface area contributed by atoms with Crippen LogP contribution in [0.5, 0.6) is 5.75 Å². The predicted octanol–water partition coefficient (Wildman–Crippen LogP) is 1.91. The Hall–Kier alpha value is -2.55. The number of nitrogens with one attached hydrogen (secondary N) is 2. The highest BCUT2D eigenvalue weighted by Crippen LogP contribution is 2.31. The van der Waals surface area contributed by atoms with Gasteiger partial charge < -0.3 is 14.6 Å². The van der Waals surface area contributed by atoms with E-state index in [9.17, 15) is 9.59 Å². The molecule has 0 aliphatic heterocycles. The van der Waals surface area contributed by atoms with Crippen LogP contribution in [0.25, 0.3) is 11.4 Å². The van der Waals surface area contributed by atoms with Crippen LogP contribution >= 0.6 is 11.8 Å². The smallest absolute Gasteiger partial charge is 0.321 e. The Morgan fingerprint density at radius 1 is 1.32 bits per heavy atom. The van der Waals surface area contributed by atoms with Crippen molar-refractivity contribution in [1.82, 2.24) is 25.4 Å². The lowest BCUT2D eigenvalue weighted by molar-refractivity contribution is -0.119. The maximum Gasteiger partial charge on any atom is 0.321 e. The van der Waals surface area contributed by atoms with Crippen molar-refractivity contribution in [3.05, 3.63) is 24.3 Å². The summed E-state index contributed by atoms with van der Waals surface area (Å²) in [4.78, 5) is 23.3. The van der Waals surface area contributed by atoms with Crippen molar-refractivity contribution in [2.45, 2.75) is 30.8 Å². The third kappa shape index (κ3) is 4.30. The lowest BCUT2D eigenvalue weighted by atomic mass is 10.2. The maximum atomic E-state index is 12.0. The van der Waals surface area contributed by atoms with Crippen LogP contribution in [0.4, 0.5) is 4.79 Å². The summed E-state index contributed by atoms with van der Waals surface area (Å²) in [7, 11) is 3.06. The lowest BCUT2D eigenvalue weighted by Gasteiger charge is -2.13. The number of aromatic nitrogens is 3. The number of ether oxygens (including phenoxy) is 1. The van der Waals surface area contributed by atoms with Gasteiger partial charge >= 0.3 is 6.03 Å². The summed E-state index contributed by atoms with van der Waals surface area (Å²) < 4.78 is 7.30. The zero-order valence-electron chi connectivity index (χ0n) is 14.6. The number of benzene rings is 1. The number of nitrogens with zero attached hydrogens (tertiary/aromatic N) is 3. The fraction of sp³-hybridized carbons (Fsp3) is 0.375. The van der Waals surface area contributed by atoms with Gasteiger partial charge in [0, 0.05) is 13.6 Å². The van der Waals surface area contributed by atoms with Crippen molar-refractivity contribution >= 4 is 23.7 Å². The third-order valence-electron chi connectivity index (χ3n) is 3.50. The lowest BCUT2D eigenvalue weighted by Crippen LogP contribution is -2.41. The van der Waals surface area contributed by atoms with E-state index in [1.807, 2.05) is 35.8 Å². The molecule has 0 spiro atoms. The number of hydrogen-bond donors (Lipinski definition) is 2. The second-order valence-electron chi connectivity index (χ2n) is 5.08. The van der Waals surface area contributed by atoms with Crippen LogP contribution in [0.2, 0.25) is 0 Å². The molecule has 0 radical (unpaired) electrons. The number of thioether (sulfide) groups is 1. The molecule has 2 aromatic rings. The summed E-state index contributed by atoms with van der Waals surface area (Å²) in [6, 6.07) is 7.01. The van der Waals surface area contributed by atoms with Gasteiger partial charge in [-0.3, -0.25) is 10.1 Å². The molecule has 0 saturated carbocycles. The molecule has 0 unspecified atom stereocenters. The average molecular weight is 363 g/mol. The Balaban J connectivity index is 2.25. The molecule has 0 saturated heterocycles. The van der Waals surface area contributed by atoms with Gasteiger partial charge in [0.25, 0.3) is 0 Å². The number of methoxy groups -OCH3 is 1. The van der Waals surface area contributed by atoms with Crippen LogP contribution in [0.3, 0.4) is 0 Å². The second kappa shape index (κ2) is 8.52. The quantitative estimate of drug-likeness (QED) is 0.761. The number of para-hydroxylation sites is 1. The Morgan fingerprint density at radius 2 is 2.04 bits per heavy atom. The van der Waals surface area contributed by atoms with E-state index < -0.39 is 17.2 Å². The number of imide groups is 1. The van der Waals surface area contributed by atoms with Gasteiger partial charge in [-0.1, -0.05) is 23.9 Å². The number of hydrogen-bond acceptors (Lipinski definition) is 6. The number of amides is 3. The van der Waals surface area contributed by atoms with E-state index in [2.05, 4.69) is 20.8 Å². The Labute approximate surface area is 150 Å². The maximum absolute atomic E-state index is 12.0. The number of urea groups is 1. The Kier molecular flexibility index (Phi) is 6.40. The van der Waals surface area contributed by atoms with Crippen LogP contribution in [0.1, 0.15) is 13.8 Å². The van der Waals surface area contributed by atoms with E-state index in [1.165, 1.54) is 18.8 Å². The molecule has 0 aliphatic carbocycles. The zero-order chi connectivity index (χ0) is 18.4. The summed E-state index contributed by atoms with van der Waals surface area (Å²) in [6.45, 7) is 4.31. The fourth-order valence-electron chi connectivity index (χ4n) is 2.18. The van der Waals surface area contributed by atoms with Gasteiger partial charge in [-0.25, -0.2) is 4.79 Å². The minimum Gasteiger partial charge on any atom is -0.496 e. The van der Waals surface area contributed by atoms with Crippen LogP contribution in [0.15, 0.2) is 29.4 Å². The number of carbonyl (C=O) groups is 2. The summed E-state index contributed by atoms with van der Waals surface area (Å²) in [5, 5.41) is 13.2. The van der Waals surface area contributed by atoms with Gasteiger partial charge in [-0.05, 0) is 26.0 Å². The standard InChI is InChI=1S/C16H21N5O3S/c1-5-21-13(11-8-6-7-9-12(11)24-4)19-20-16(21)25-10(2)14(22)18-15(23)17-3/h6-10H,5H2,1-4H3,(H2,17,18,22,23)/t10-/m0/s1. The molecule has 3 amide bonds. The van der Waals surface area contributed by atoms with Crippen LogP contribution < -0.4 is 15.4 Å². The summed E-state index contributed by atoms with van der Waals surface area (Å²) in [5.41, 5.74) is 0.827. The molecule has 1 aromatic carbocycles. The monoisotopic (exact) mass is 363 g/mol. The highest BCUT2D eigenvalue weighted by atomic mass is 32.2. The molecular formula is C16H21N5O3S. The first-order chi connectivity index (χ1) is 12.0. The molecule has 8 nitrogen and oxygen atoms in total. The first-order valence-electron chi connectivity index (χ1n) is 7.77. The predicted molar refractivity (Wildman–Crippen MR) is 95.6 cm³/mol. The van der Waals surface area contributed by atoms with Gasteiger partial charge in [0.15, 0.2) is 11.0 Å². The van der Waals surface area contributed by atoms with E-state index in [-0.39, 0.29) is 0 Å². The van der Waals surface area contributed by atoms with Gasteiger partial charge in [-0.2, -0.15) is 0 Å². The summed E-state index contributed by atoms with van der Waals surface area (Å²) in [6.07, 6.45) is 0. The van der Waals surface area contributed by atoms with Crippen molar-refractivity contribution in [2.75, 3.05) is 14.2 Å². The molecular weight excluding hydrogens is 342 g/mol. The van der Waals surface area contributed by atoms with E-state index in [1.54, 1.807) is 14.0 Å². The topological polar surface area (TPSA) is 98.1 Å². The highest BCUT2D eigenvalue weighted by molar-refractivity contribution is 8.00. The minimum atomic E-state index is -0.538. The van der Waals surface area contributed by atoms with Crippen LogP contribution in [-0.2, 0) is 11.3 Å². The van der Waals surface area contributed by atoms with Gasteiger partial charge in [0.05, 0.1) is 17.9 Å². The van der Waals surface area contributed by atoms with Crippen LogP contribution in [-0.4, -0.2) is 46.1 Å². The molecule has 0 bridgehead atoms. The molecule has 0 aliphatic rings. The fourth-order valence-corrected chi connectivity index (χ4v) is 3.09. The summed E-state index contributed by atoms with van der Waals surface area (Å²) in [5.74, 6) is 0.974. The van der Waals surface area contributed by atoms with E-state index in [0.717, 1.165) is 5.56 Å². The van der Waals surface area contributed by atoms with Crippen molar-refractivity contribution in [1.29, 1.82) is 0 Å². The van der Waals surface area contributed by atoms with E-state index in [4.69, 9.17) is 4.74 Å². The molecule has 2 rings (SSSR count). The molecule has 1 atom stereocenters. The summed E-state index contributed by atoms with van der Waals surface area (Å²) >= 11 is 1.24. The van der Waals surface area contributed by atoms with Crippen molar-refractivity contribution in [3.8, 4) is 17.1 Å². The highest BCUT2D eigenvalue weighted by Gasteiger charge is 2.22. The van der Waals surface area contributed by atoms with E-state index in [0.29, 0.717) is 23.3 Å². The van der Waals surface area contributed by atoms with Gasteiger partial charge in [-0.15, -0.1) is 10.2 Å². The molecule has 134 valence electrons. The number of carbonyl (C=O) groups excluding carboxylic acids is 2. The van der Waals surface area contributed by atoms with Crippen molar-refractivity contribution in [3.63, 3.8) is 0 Å².